The minimum absolute atomic E-state index is 0.259. The maximum Gasteiger partial charge on any atom is 0.0704 e. The van der Waals surface area contributed by atoms with Gasteiger partial charge in [-0.2, -0.15) is 0 Å². The average molecular weight is 217 g/mol. The average Bonchev–Trinajstić information content (AvgIpc) is 2.13. The Morgan fingerprint density at radius 1 is 1.00 bits per heavy atom. The summed E-state index contributed by atoms with van der Waals surface area (Å²) in [6.07, 6.45) is 0.259. The molecule has 0 fully saturated rings. The number of hydrogen-bond acceptors (Lipinski definition) is 3. The highest BCUT2D eigenvalue weighted by Gasteiger charge is 2.02. The zero-order chi connectivity index (χ0) is 11.7. The predicted molar refractivity (Wildman–Crippen MR) is 64.2 cm³/mol. The van der Waals surface area contributed by atoms with Crippen LogP contribution >= 0.6 is 0 Å². The molecule has 0 saturated carbocycles. The van der Waals surface area contributed by atoms with Gasteiger partial charge in [-0.05, 0) is 12.8 Å². The van der Waals surface area contributed by atoms with Gasteiger partial charge in [-0.1, -0.05) is 27.7 Å². The summed E-state index contributed by atoms with van der Waals surface area (Å²) in [7, 11) is 0. The van der Waals surface area contributed by atoms with Gasteiger partial charge in [0.15, 0.2) is 0 Å². The van der Waals surface area contributed by atoms with Crippen molar-refractivity contribution in [1.82, 2.24) is 5.32 Å². The van der Waals surface area contributed by atoms with Gasteiger partial charge < -0.3 is 14.8 Å². The van der Waals surface area contributed by atoms with E-state index in [0.29, 0.717) is 25.2 Å². The Labute approximate surface area is 94.5 Å². The van der Waals surface area contributed by atoms with E-state index in [-0.39, 0.29) is 6.10 Å². The monoisotopic (exact) mass is 217 g/mol. The Bertz CT molecular complexity index is 138. The number of hydrogen-bond donors (Lipinski definition) is 1. The van der Waals surface area contributed by atoms with E-state index in [9.17, 15) is 0 Å². The first kappa shape index (κ1) is 14.9. The maximum absolute atomic E-state index is 5.59. The van der Waals surface area contributed by atoms with E-state index in [4.69, 9.17) is 9.47 Å². The van der Waals surface area contributed by atoms with Crippen molar-refractivity contribution in [2.45, 2.75) is 46.8 Å². The molecule has 1 unspecified atom stereocenters. The lowest BCUT2D eigenvalue weighted by molar-refractivity contribution is 0.00617. The largest absolute Gasteiger partial charge is 0.379 e. The standard InChI is InChI=1S/C12H27NO2/c1-10(2)9-14-6-7-15-12(5)8-13-11(3)4/h10-13H,6-9H2,1-5H3. The van der Waals surface area contributed by atoms with E-state index in [2.05, 4.69) is 39.9 Å². The molecule has 0 rings (SSSR count). The number of rotatable bonds is 9. The van der Waals surface area contributed by atoms with Crippen molar-refractivity contribution in [1.29, 1.82) is 0 Å². The number of nitrogens with one attached hydrogen (secondary N) is 1. The van der Waals surface area contributed by atoms with Crippen molar-refractivity contribution in [2.75, 3.05) is 26.4 Å². The summed E-state index contributed by atoms with van der Waals surface area (Å²) in [6.45, 7) is 13.8. The third kappa shape index (κ3) is 11.8. The van der Waals surface area contributed by atoms with Crippen molar-refractivity contribution >= 4 is 0 Å². The van der Waals surface area contributed by atoms with Gasteiger partial charge in [0, 0.05) is 19.2 Å². The summed E-state index contributed by atoms with van der Waals surface area (Å²) in [4.78, 5) is 0. The van der Waals surface area contributed by atoms with Crippen molar-refractivity contribution in [2.24, 2.45) is 5.92 Å². The summed E-state index contributed by atoms with van der Waals surface area (Å²) in [5.74, 6) is 0.602. The Kier molecular flexibility index (Phi) is 9.06. The molecule has 3 nitrogen and oxygen atoms in total. The molecule has 0 aromatic rings. The summed E-state index contributed by atoms with van der Waals surface area (Å²) in [5.41, 5.74) is 0. The van der Waals surface area contributed by atoms with Crippen LogP contribution in [0.15, 0.2) is 0 Å². The highest BCUT2D eigenvalue weighted by molar-refractivity contribution is 4.58. The minimum atomic E-state index is 0.259. The van der Waals surface area contributed by atoms with Crippen LogP contribution in [0.3, 0.4) is 0 Å². The van der Waals surface area contributed by atoms with Crippen LogP contribution in [0.4, 0.5) is 0 Å². The zero-order valence-electron chi connectivity index (χ0n) is 10.9. The fourth-order valence-corrected chi connectivity index (χ4v) is 1.09. The molecule has 0 aliphatic heterocycles. The van der Waals surface area contributed by atoms with Crippen LogP contribution in [-0.2, 0) is 9.47 Å². The highest BCUT2D eigenvalue weighted by atomic mass is 16.5. The van der Waals surface area contributed by atoms with Crippen LogP contribution in [-0.4, -0.2) is 38.5 Å². The van der Waals surface area contributed by atoms with Crippen molar-refractivity contribution in [3.63, 3.8) is 0 Å². The van der Waals surface area contributed by atoms with E-state index < -0.39 is 0 Å². The molecule has 1 N–H and O–H groups in total. The van der Waals surface area contributed by atoms with Crippen molar-refractivity contribution in [3.05, 3.63) is 0 Å². The van der Waals surface area contributed by atoms with E-state index in [1.807, 2.05) is 0 Å². The molecule has 3 heteroatoms. The lowest BCUT2D eigenvalue weighted by atomic mass is 10.2. The normalized spacial score (nSPS) is 13.8. The van der Waals surface area contributed by atoms with Gasteiger partial charge in [-0.15, -0.1) is 0 Å². The Morgan fingerprint density at radius 2 is 1.67 bits per heavy atom. The molecule has 15 heavy (non-hydrogen) atoms. The van der Waals surface area contributed by atoms with Crippen LogP contribution in [0.2, 0.25) is 0 Å². The van der Waals surface area contributed by atoms with Crippen LogP contribution in [0.1, 0.15) is 34.6 Å². The summed E-state index contributed by atoms with van der Waals surface area (Å²) >= 11 is 0. The Morgan fingerprint density at radius 3 is 2.20 bits per heavy atom. The molecule has 92 valence electrons. The smallest absolute Gasteiger partial charge is 0.0704 e. The van der Waals surface area contributed by atoms with Gasteiger partial charge in [0.2, 0.25) is 0 Å². The second-order valence-corrected chi connectivity index (χ2v) is 4.71. The van der Waals surface area contributed by atoms with E-state index in [0.717, 1.165) is 13.2 Å². The fraction of sp³-hybridized carbons (Fsp3) is 1.00. The highest BCUT2D eigenvalue weighted by Crippen LogP contribution is 1.94. The number of ether oxygens (including phenoxy) is 2. The maximum atomic E-state index is 5.59. The Balaban J connectivity index is 3.20. The van der Waals surface area contributed by atoms with Crippen molar-refractivity contribution in [3.8, 4) is 0 Å². The van der Waals surface area contributed by atoms with Gasteiger partial charge in [0.1, 0.15) is 0 Å². The molecule has 0 bridgehead atoms. The van der Waals surface area contributed by atoms with E-state index in [1.165, 1.54) is 0 Å². The van der Waals surface area contributed by atoms with Gasteiger partial charge >= 0.3 is 0 Å². The molecule has 0 saturated heterocycles. The van der Waals surface area contributed by atoms with Crippen LogP contribution in [0.5, 0.6) is 0 Å². The lowest BCUT2D eigenvalue weighted by Gasteiger charge is -2.16. The topological polar surface area (TPSA) is 30.5 Å². The summed E-state index contributed by atoms with van der Waals surface area (Å²) < 4.78 is 11.0. The second kappa shape index (κ2) is 9.13. The third-order valence-electron chi connectivity index (χ3n) is 1.89. The first-order chi connectivity index (χ1) is 7.02. The van der Waals surface area contributed by atoms with Gasteiger partial charge in [0.05, 0.1) is 19.3 Å². The minimum Gasteiger partial charge on any atom is -0.379 e. The molecule has 0 amide bonds. The molecule has 0 aromatic carbocycles. The van der Waals surface area contributed by atoms with E-state index >= 15 is 0 Å². The first-order valence-electron chi connectivity index (χ1n) is 5.95. The fourth-order valence-electron chi connectivity index (χ4n) is 1.09. The molecular formula is C12H27NO2. The molecular weight excluding hydrogens is 190 g/mol. The van der Waals surface area contributed by atoms with Crippen LogP contribution in [0.25, 0.3) is 0 Å². The van der Waals surface area contributed by atoms with E-state index in [1.54, 1.807) is 0 Å². The molecule has 1 atom stereocenters. The van der Waals surface area contributed by atoms with Gasteiger partial charge in [-0.3, -0.25) is 0 Å². The lowest BCUT2D eigenvalue weighted by Crippen LogP contribution is -2.32. The quantitative estimate of drug-likeness (QED) is 0.600. The second-order valence-electron chi connectivity index (χ2n) is 4.71. The zero-order valence-corrected chi connectivity index (χ0v) is 10.9. The van der Waals surface area contributed by atoms with Crippen molar-refractivity contribution < 1.29 is 9.47 Å². The third-order valence-corrected chi connectivity index (χ3v) is 1.89. The molecule has 0 aliphatic rings. The van der Waals surface area contributed by atoms with Gasteiger partial charge in [-0.25, -0.2) is 0 Å². The molecule has 0 heterocycles. The molecule has 0 aromatic heterocycles. The Hall–Kier alpha value is -0.120. The summed E-state index contributed by atoms with van der Waals surface area (Å²) in [6, 6.07) is 0.522. The van der Waals surface area contributed by atoms with Gasteiger partial charge in [0.25, 0.3) is 0 Å². The predicted octanol–water partition coefficient (Wildman–Crippen LogP) is 2.06. The van der Waals surface area contributed by atoms with Crippen LogP contribution in [0, 0.1) is 5.92 Å². The molecule has 0 radical (unpaired) electrons. The van der Waals surface area contributed by atoms with Crippen LogP contribution < -0.4 is 5.32 Å². The first-order valence-corrected chi connectivity index (χ1v) is 5.95. The SMILES string of the molecule is CC(C)COCCOC(C)CNC(C)C. The molecule has 0 spiro atoms. The summed E-state index contributed by atoms with van der Waals surface area (Å²) in [5, 5.41) is 3.34. The molecule has 0 aliphatic carbocycles.